The molecule has 0 bridgehead atoms. The summed E-state index contributed by atoms with van der Waals surface area (Å²) in [5.74, 6) is -0.205. The number of unbranched alkanes of at least 4 members (excludes halogenated alkanes) is 27. The first-order chi connectivity index (χ1) is 26.5. The molecule has 0 aromatic carbocycles. The molecule has 9 heteroatoms. The average molecular weight is 799 g/mol. The summed E-state index contributed by atoms with van der Waals surface area (Å²) in [7, 11) is 1.26. The van der Waals surface area contributed by atoms with Crippen LogP contribution in [0.15, 0.2) is 24.3 Å². The number of hydrogen-bond acceptors (Lipinski definition) is 6. The quantitative estimate of drug-likeness (QED) is 0.0276. The maximum Gasteiger partial charge on any atom is 0.268 e. The van der Waals surface area contributed by atoms with E-state index in [9.17, 15) is 19.4 Å². The molecule has 326 valence electrons. The van der Waals surface area contributed by atoms with Crippen LogP contribution in [0.1, 0.15) is 213 Å². The second-order valence-electron chi connectivity index (χ2n) is 17.1. The highest BCUT2D eigenvalue weighted by atomic mass is 31.2. The van der Waals surface area contributed by atoms with E-state index in [0.29, 0.717) is 17.4 Å². The number of amides is 1. The maximum atomic E-state index is 12.9. The lowest BCUT2D eigenvalue weighted by atomic mass is 10.0. The van der Waals surface area contributed by atoms with Crippen molar-refractivity contribution in [2.75, 3.05) is 40.9 Å². The minimum absolute atomic E-state index is 0.00143. The molecule has 3 atom stereocenters. The van der Waals surface area contributed by atoms with E-state index in [-0.39, 0.29) is 19.1 Å². The van der Waals surface area contributed by atoms with Gasteiger partial charge in [0.15, 0.2) is 0 Å². The zero-order valence-corrected chi connectivity index (χ0v) is 37.8. The third kappa shape index (κ3) is 41.0. The van der Waals surface area contributed by atoms with E-state index in [2.05, 4.69) is 31.3 Å². The van der Waals surface area contributed by atoms with Crippen LogP contribution in [0.3, 0.4) is 0 Å². The molecule has 55 heavy (non-hydrogen) atoms. The highest BCUT2D eigenvalue weighted by molar-refractivity contribution is 7.45. The van der Waals surface area contributed by atoms with Crippen LogP contribution in [-0.2, 0) is 18.4 Å². The molecule has 0 radical (unpaired) electrons. The normalized spacial score (nSPS) is 14.5. The molecule has 0 heterocycles. The van der Waals surface area contributed by atoms with Gasteiger partial charge < -0.3 is 28.8 Å². The zero-order valence-electron chi connectivity index (χ0n) is 36.9. The first-order valence-corrected chi connectivity index (χ1v) is 24.7. The standard InChI is InChI=1S/C46H91N2O6P/c1-6-8-10-12-14-16-18-20-22-24-25-27-29-31-33-35-37-39-45(49)44(43-54-55(51,52)53-42-41-48(3,4)5)47-46(50)40-38-36-34-32-30-28-26-23-21-19-17-15-13-11-9-7-2/h23,26,37,39,44-45,49H,6-22,24-25,27-36,38,40-43H2,1-5H3,(H-,47,50,51,52)/b26-23-,39-37+. The van der Waals surface area contributed by atoms with Crippen molar-refractivity contribution in [1.29, 1.82) is 0 Å². The molecule has 0 saturated carbocycles. The summed E-state index contributed by atoms with van der Waals surface area (Å²) in [6.45, 7) is 4.65. The molecule has 0 aliphatic carbocycles. The third-order valence-electron chi connectivity index (χ3n) is 10.4. The number of aliphatic hydroxyl groups is 1. The van der Waals surface area contributed by atoms with E-state index < -0.39 is 20.0 Å². The molecule has 0 aromatic rings. The summed E-state index contributed by atoms with van der Waals surface area (Å²) in [6.07, 6.45) is 45.0. The molecule has 8 nitrogen and oxygen atoms in total. The molecule has 0 fully saturated rings. The predicted molar refractivity (Wildman–Crippen MR) is 233 cm³/mol. The second kappa shape index (κ2) is 38.5. The van der Waals surface area contributed by atoms with Crippen LogP contribution in [0.5, 0.6) is 0 Å². The molecule has 0 aliphatic rings. The van der Waals surface area contributed by atoms with Gasteiger partial charge in [0.25, 0.3) is 7.82 Å². The molecule has 0 rings (SSSR count). The van der Waals surface area contributed by atoms with Crippen molar-refractivity contribution >= 4 is 13.7 Å². The Labute approximate surface area is 341 Å². The topological polar surface area (TPSA) is 108 Å². The van der Waals surface area contributed by atoms with E-state index in [1.165, 1.54) is 141 Å². The van der Waals surface area contributed by atoms with Crippen LogP contribution < -0.4 is 10.2 Å². The van der Waals surface area contributed by atoms with Gasteiger partial charge in [-0.1, -0.05) is 186 Å². The highest BCUT2D eigenvalue weighted by Gasteiger charge is 2.23. The Morgan fingerprint density at radius 1 is 0.618 bits per heavy atom. The number of aliphatic hydroxyl groups excluding tert-OH is 1. The number of carbonyl (C=O) groups is 1. The van der Waals surface area contributed by atoms with Crippen LogP contribution in [0, 0.1) is 0 Å². The fourth-order valence-corrected chi connectivity index (χ4v) is 7.40. The van der Waals surface area contributed by atoms with Crippen LogP contribution >= 0.6 is 7.82 Å². The summed E-state index contributed by atoms with van der Waals surface area (Å²) in [5.41, 5.74) is 0. The zero-order chi connectivity index (χ0) is 40.7. The summed E-state index contributed by atoms with van der Waals surface area (Å²) in [6, 6.07) is -0.887. The van der Waals surface area contributed by atoms with Crippen molar-refractivity contribution < 1.29 is 32.9 Å². The Hall–Kier alpha value is -1.02. The molecule has 3 unspecified atom stereocenters. The van der Waals surface area contributed by atoms with E-state index in [4.69, 9.17) is 9.05 Å². The van der Waals surface area contributed by atoms with Gasteiger partial charge in [-0.05, 0) is 44.9 Å². The Kier molecular flexibility index (Phi) is 37.8. The average Bonchev–Trinajstić information content (AvgIpc) is 3.13. The summed E-state index contributed by atoms with van der Waals surface area (Å²) in [4.78, 5) is 25.3. The van der Waals surface area contributed by atoms with Crippen molar-refractivity contribution in [1.82, 2.24) is 5.32 Å². The Morgan fingerprint density at radius 2 is 1.00 bits per heavy atom. The van der Waals surface area contributed by atoms with Gasteiger partial charge in [0.2, 0.25) is 5.91 Å². The van der Waals surface area contributed by atoms with Gasteiger partial charge in [-0.25, -0.2) is 0 Å². The summed E-state index contributed by atoms with van der Waals surface area (Å²) < 4.78 is 23.2. The minimum Gasteiger partial charge on any atom is -0.756 e. The number of phosphoric acid groups is 1. The number of allylic oxidation sites excluding steroid dienone is 3. The number of likely N-dealkylation sites (N-methyl/N-ethyl adjacent to an activating group) is 1. The number of carbonyl (C=O) groups excluding carboxylic acids is 1. The first-order valence-electron chi connectivity index (χ1n) is 23.2. The van der Waals surface area contributed by atoms with Crippen LogP contribution in [-0.4, -0.2) is 68.5 Å². The van der Waals surface area contributed by atoms with Crippen molar-refractivity contribution in [3.05, 3.63) is 24.3 Å². The molecule has 0 saturated heterocycles. The fourth-order valence-electron chi connectivity index (χ4n) is 6.68. The van der Waals surface area contributed by atoms with Gasteiger partial charge in [-0.2, -0.15) is 0 Å². The van der Waals surface area contributed by atoms with Gasteiger partial charge in [0, 0.05) is 6.42 Å². The largest absolute Gasteiger partial charge is 0.756 e. The Morgan fingerprint density at radius 3 is 1.42 bits per heavy atom. The molecular weight excluding hydrogens is 707 g/mol. The number of nitrogens with zero attached hydrogens (tertiary/aromatic N) is 1. The maximum absolute atomic E-state index is 12.9. The number of quaternary nitrogens is 1. The molecule has 0 aromatic heterocycles. The Balaban J connectivity index is 4.41. The fraction of sp³-hybridized carbons (Fsp3) is 0.891. The van der Waals surface area contributed by atoms with Crippen molar-refractivity contribution in [3.8, 4) is 0 Å². The van der Waals surface area contributed by atoms with Gasteiger partial charge in [-0.15, -0.1) is 0 Å². The lowest BCUT2D eigenvalue weighted by Gasteiger charge is -2.29. The minimum atomic E-state index is -4.59. The lowest BCUT2D eigenvalue weighted by Crippen LogP contribution is -2.45. The summed E-state index contributed by atoms with van der Waals surface area (Å²) >= 11 is 0. The predicted octanol–water partition coefficient (Wildman–Crippen LogP) is 12.3. The second-order valence-corrected chi connectivity index (χ2v) is 18.5. The van der Waals surface area contributed by atoms with Crippen molar-refractivity contribution in [2.45, 2.75) is 225 Å². The van der Waals surface area contributed by atoms with Gasteiger partial charge in [0.05, 0.1) is 39.9 Å². The molecule has 2 N–H and O–H groups in total. The van der Waals surface area contributed by atoms with Crippen LogP contribution in [0.25, 0.3) is 0 Å². The van der Waals surface area contributed by atoms with Crippen molar-refractivity contribution in [2.24, 2.45) is 0 Å². The summed E-state index contributed by atoms with van der Waals surface area (Å²) in [5, 5.41) is 13.8. The van der Waals surface area contributed by atoms with Gasteiger partial charge in [-0.3, -0.25) is 9.36 Å². The molecule has 1 amide bonds. The Bertz CT molecular complexity index is 953. The van der Waals surface area contributed by atoms with E-state index in [1.807, 2.05) is 27.2 Å². The van der Waals surface area contributed by atoms with Gasteiger partial charge >= 0.3 is 0 Å². The molecule has 0 aliphatic heterocycles. The van der Waals surface area contributed by atoms with Crippen molar-refractivity contribution in [3.63, 3.8) is 0 Å². The van der Waals surface area contributed by atoms with E-state index in [1.54, 1.807) is 6.08 Å². The highest BCUT2D eigenvalue weighted by Crippen LogP contribution is 2.38. The lowest BCUT2D eigenvalue weighted by molar-refractivity contribution is -0.870. The SMILES string of the molecule is CCCCCCCCC/C=C\CCCCCCCC(=O)NC(COP(=O)([O-])OCC[N+](C)(C)C)C(O)/C=C/CCCCCCCCCCCCCCCCC. The van der Waals surface area contributed by atoms with Gasteiger partial charge in [0.1, 0.15) is 13.2 Å². The number of hydrogen-bond donors (Lipinski definition) is 2. The number of rotatable bonds is 42. The van der Waals surface area contributed by atoms with E-state index >= 15 is 0 Å². The monoisotopic (exact) mass is 799 g/mol. The number of nitrogens with one attached hydrogen (secondary N) is 1. The smallest absolute Gasteiger partial charge is 0.268 e. The van der Waals surface area contributed by atoms with Crippen LogP contribution in [0.4, 0.5) is 0 Å². The third-order valence-corrected chi connectivity index (χ3v) is 11.4. The van der Waals surface area contributed by atoms with Crippen LogP contribution in [0.2, 0.25) is 0 Å². The number of phosphoric ester groups is 1. The first kappa shape index (κ1) is 54.0. The molecule has 0 spiro atoms. The molecular formula is C46H91N2O6P. The van der Waals surface area contributed by atoms with E-state index in [0.717, 1.165) is 51.4 Å².